The molecule has 1 aromatic carbocycles. The van der Waals surface area contributed by atoms with E-state index >= 15 is 0 Å². The second-order valence-electron chi connectivity index (χ2n) is 5.47. The quantitative estimate of drug-likeness (QED) is 0.759. The molecule has 21 heavy (non-hydrogen) atoms. The summed E-state index contributed by atoms with van der Waals surface area (Å²) in [6.07, 6.45) is 8.70. The summed E-state index contributed by atoms with van der Waals surface area (Å²) in [4.78, 5) is 11.6. The Morgan fingerprint density at radius 2 is 2.10 bits per heavy atom. The Balaban J connectivity index is 1.64. The molecule has 4 nitrogen and oxygen atoms in total. The van der Waals surface area contributed by atoms with E-state index in [2.05, 4.69) is 32.7 Å². The Kier molecular flexibility index (Phi) is 2.84. The monoisotopic (exact) mass is 282 g/mol. The third-order valence-corrected chi connectivity index (χ3v) is 4.09. The molecule has 0 radical (unpaired) electrons. The van der Waals surface area contributed by atoms with Crippen molar-refractivity contribution in [1.82, 2.24) is 15.0 Å². The largest absolute Gasteiger partial charge is 0.367 e. The predicted molar refractivity (Wildman–Crippen MR) is 79.7 cm³/mol. The zero-order valence-electron chi connectivity index (χ0n) is 11.4. The fourth-order valence-corrected chi connectivity index (χ4v) is 3.01. The molecule has 0 amide bonds. The van der Waals surface area contributed by atoms with Gasteiger partial charge in [-0.1, -0.05) is 0 Å². The number of aromatic nitrogens is 3. The molecule has 0 bridgehead atoms. The first-order chi connectivity index (χ1) is 10.3. The molecule has 0 spiro atoms. The van der Waals surface area contributed by atoms with Gasteiger partial charge in [0, 0.05) is 23.8 Å². The lowest BCUT2D eigenvalue weighted by Gasteiger charge is -2.24. The van der Waals surface area contributed by atoms with E-state index in [9.17, 15) is 4.39 Å². The lowest BCUT2D eigenvalue weighted by Crippen LogP contribution is -2.27. The minimum atomic E-state index is -0.267. The van der Waals surface area contributed by atoms with Crippen LogP contribution >= 0.6 is 0 Å². The summed E-state index contributed by atoms with van der Waals surface area (Å²) in [5.41, 5.74) is 3.50. The van der Waals surface area contributed by atoms with Crippen LogP contribution in [0.5, 0.6) is 0 Å². The number of nitrogens with one attached hydrogen (secondary N) is 2. The molecule has 5 heteroatoms. The minimum Gasteiger partial charge on any atom is -0.367 e. The number of hydrogen-bond donors (Lipinski definition) is 2. The number of hydrogen-bond acceptors (Lipinski definition) is 3. The zero-order chi connectivity index (χ0) is 14.2. The van der Waals surface area contributed by atoms with Crippen LogP contribution in [0.1, 0.15) is 17.5 Å². The average molecular weight is 282 g/mol. The highest BCUT2D eigenvalue weighted by molar-refractivity contribution is 5.88. The second-order valence-corrected chi connectivity index (χ2v) is 5.47. The van der Waals surface area contributed by atoms with Gasteiger partial charge >= 0.3 is 0 Å². The highest BCUT2D eigenvalue weighted by Crippen LogP contribution is 2.26. The van der Waals surface area contributed by atoms with E-state index in [-0.39, 0.29) is 5.82 Å². The molecule has 2 aromatic heterocycles. The first-order valence-electron chi connectivity index (χ1n) is 7.11. The minimum absolute atomic E-state index is 0.267. The molecular weight excluding hydrogens is 267 g/mol. The standard InChI is InChI=1S/C16H15FN4/c17-12-2-4-15-14(6-12)16(20-9-19-15)21-13-3-1-10-7-18-8-11(10)5-13/h2,4,6-9,13,18H,1,3,5H2,(H,19,20,21). The lowest BCUT2D eigenvalue weighted by molar-refractivity contribution is 0.612. The Labute approximate surface area is 121 Å². The van der Waals surface area contributed by atoms with Crippen molar-refractivity contribution >= 4 is 16.7 Å². The predicted octanol–water partition coefficient (Wildman–Crippen LogP) is 3.07. The van der Waals surface area contributed by atoms with Crippen LogP contribution in [0.3, 0.4) is 0 Å². The number of aryl methyl sites for hydroxylation is 1. The summed E-state index contributed by atoms with van der Waals surface area (Å²) in [6.45, 7) is 0. The van der Waals surface area contributed by atoms with Gasteiger partial charge in [0.1, 0.15) is 18.0 Å². The molecule has 1 unspecified atom stereocenters. The van der Waals surface area contributed by atoms with Crippen LogP contribution in [0.25, 0.3) is 10.9 Å². The number of rotatable bonds is 2. The highest BCUT2D eigenvalue weighted by atomic mass is 19.1. The molecule has 2 heterocycles. The third-order valence-electron chi connectivity index (χ3n) is 4.09. The number of aromatic amines is 1. The van der Waals surface area contributed by atoms with Crippen molar-refractivity contribution in [1.29, 1.82) is 0 Å². The smallest absolute Gasteiger partial charge is 0.137 e. The molecule has 1 aliphatic rings. The Bertz CT molecular complexity index is 796. The van der Waals surface area contributed by atoms with Crippen LogP contribution in [0, 0.1) is 5.82 Å². The summed E-state index contributed by atoms with van der Waals surface area (Å²) < 4.78 is 13.5. The SMILES string of the molecule is Fc1ccc2ncnc(NC3CCc4c[nH]cc4C3)c2c1. The summed E-state index contributed by atoms with van der Waals surface area (Å²) in [5, 5.41) is 4.18. The Morgan fingerprint density at radius 1 is 1.19 bits per heavy atom. The summed E-state index contributed by atoms with van der Waals surface area (Å²) in [5.74, 6) is 0.445. The second kappa shape index (κ2) is 4.84. The van der Waals surface area contributed by atoms with E-state index in [0.717, 1.165) is 30.2 Å². The normalized spacial score (nSPS) is 17.7. The number of nitrogens with zero attached hydrogens (tertiary/aromatic N) is 2. The fourth-order valence-electron chi connectivity index (χ4n) is 3.01. The van der Waals surface area contributed by atoms with Gasteiger partial charge in [0.2, 0.25) is 0 Å². The van der Waals surface area contributed by atoms with Crippen molar-refractivity contribution in [3.63, 3.8) is 0 Å². The molecule has 106 valence electrons. The maximum atomic E-state index is 13.5. The van der Waals surface area contributed by atoms with E-state index in [1.165, 1.54) is 29.6 Å². The van der Waals surface area contributed by atoms with Crippen LogP contribution in [0.2, 0.25) is 0 Å². The highest BCUT2D eigenvalue weighted by Gasteiger charge is 2.20. The molecule has 0 fully saturated rings. The van der Waals surface area contributed by atoms with E-state index in [1.807, 2.05) is 0 Å². The van der Waals surface area contributed by atoms with E-state index in [1.54, 1.807) is 6.07 Å². The fraction of sp³-hybridized carbons (Fsp3) is 0.250. The number of halogens is 1. The summed E-state index contributed by atoms with van der Waals surface area (Å²) in [7, 11) is 0. The van der Waals surface area contributed by atoms with Gasteiger partial charge in [0.05, 0.1) is 5.52 Å². The topological polar surface area (TPSA) is 53.6 Å². The molecule has 0 aliphatic heterocycles. The van der Waals surface area contributed by atoms with Crippen molar-refractivity contribution in [3.05, 3.63) is 53.9 Å². The van der Waals surface area contributed by atoms with Gasteiger partial charge in [0.25, 0.3) is 0 Å². The molecular formula is C16H15FN4. The van der Waals surface area contributed by atoms with Crippen molar-refractivity contribution in [2.45, 2.75) is 25.3 Å². The van der Waals surface area contributed by atoms with Crippen molar-refractivity contribution < 1.29 is 4.39 Å². The lowest BCUT2D eigenvalue weighted by atomic mass is 9.91. The van der Waals surface area contributed by atoms with E-state index in [4.69, 9.17) is 0 Å². The molecule has 3 aromatic rings. The molecule has 1 atom stereocenters. The summed E-state index contributed by atoms with van der Waals surface area (Å²) in [6, 6.07) is 4.91. The number of fused-ring (bicyclic) bond motifs is 2. The molecule has 4 rings (SSSR count). The number of benzene rings is 1. The Morgan fingerprint density at radius 3 is 3.05 bits per heavy atom. The third kappa shape index (κ3) is 2.24. The summed E-state index contributed by atoms with van der Waals surface area (Å²) >= 11 is 0. The molecule has 0 saturated carbocycles. The van der Waals surface area contributed by atoms with Gasteiger partial charge in [-0.2, -0.15) is 0 Å². The van der Waals surface area contributed by atoms with Crippen molar-refractivity contribution in [2.75, 3.05) is 5.32 Å². The Hall–Kier alpha value is -2.43. The van der Waals surface area contributed by atoms with Crippen LogP contribution in [-0.4, -0.2) is 21.0 Å². The van der Waals surface area contributed by atoms with Crippen LogP contribution in [0.4, 0.5) is 10.2 Å². The van der Waals surface area contributed by atoms with Gasteiger partial charge in [-0.05, 0) is 48.6 Å². The van der Waals surface area contributed by atoms with Gasteiger partial charge in [-0.25, -0.2) is 14.4 Å². The van der Waals surface area contributed by atoms with Gasteiger partial charge in [-0.3, -0.25) is 0 Å². The van der Waals surface area contributed by atoms with Crippen molar-refractivity contribution in [3.8, 4) is 0 Å². The van der Waals surface area contributed by atoms with Gasteiger partial charge < -0.3 is 10.3 Å². The average Bonchev–Trinajstić information content (AvgIpc) is 2.95. The van der Waals surface area contributed by atoms with Crippen molar-refractivity contribution in [2.24, 2.45) is 0 Å². The maximum Gasteiger partial charge on any atom is 0.137 e. The van der Waals surface area contributed by atoms with Crippen LogP contribution < -0.4 is 5.32 Å². The molecule has 2 N–H and O–H groups in total. The molecule has 0 saturated heterocycles. The molecule has 1 aliphatic carbocycles. The van der Waals surface area contributed by atoms with Crippen LogP contribution in [0.15, 0.2) is 36.9 Å². The maximum absolute atomic E-state index is 13.5. The first kappa shape index (κ1) is 12.3. The number of H-pyrrole nitrogens is 1. The van der Waals surface area contributed by atoms with Gasteiger partial charge in [0.15, 0.2) is 0 Å². The zero-order valence-corrected chi connectivity index (χ0v) is 11.4. The first-order valence-corrected chi connectivity index (χ1v) is 7.11. The van der Waals surface area contributed by atoms with Gasteiger partial charge in [-0.15, -0.1) is 0 Å². The van der Waals surface area contributed by atoms with E-state index < -0.39 is 0 Å². The van der Waals surface area contributed by atoms with Crippen LogP contribution in [-0.2, 0) is 12.8 Å². The van der Waals surface area contributed by atoms with E-state index in [0.29, 0.717) is 11.9 Å². The number of anilines is 1.